The average molecular weight is 372 g/mol. The zero-order valence-corrected chi connectivity index (χ0v) is 16.8. The van der Waals surface area contributed by atoms with E-state index in [1.54, 1.807) is 0 Å². The van der Waals surface area contributed by atoms with Crippen molar-refractivity contribution in [3.8, 4) is 0 Å². The van der Waals surface area contributed by atoms with Gasteiger partial charge < -0.3 is 5.32 Å². The molecule has 1 aliphatic rings. The lowest BCUT2D eigenvalue weighted by molar-refractivity contribution is 0.0941. The zero-order valence-electron chi connectivity index (χ0n) is 16.0. The van der Waals surface area contributed by atoms with Crippen molar-refractivity contribution in [2.24, 2.45) is 5.92 Å². The maximum atomic E-state index is 12.8. The number of hydrogen-bond acceptors (Lipinski definition) is 4. The number of nitrogens with one attached hydrogen (secondary N) is 1. The van der Waals surface area contributed by atoms with Crippen LogP contribution in [0.25, 0.3) is 0 Å². The molecular formula is C21H29N3OS. The molecule has 1 N–H and O–H groups in total. The number of nitrogens with zero attached hydrogens (tertiary/aromatic N) is 2. The molecule has 1 aromatic carbocycles. The summed E-state index contributed by atoms with van der Waals surface area (Å²) in [4.78, 5) is 20.6. The standard InChI is InChI=1S/C21H29N3OS/c1-15(2)13-19-23-16(3)20(26-19)21(25)22-14-18(24-11-7-8-12-24)17-9-5-4-6-10-17/h4-6,9-10,15,18H,7-8,11-14H2,1-3H3,(H,22,25). The van der Waals surface area contributed by atoms with E-state index in [0.29, 0.717) is 12.5 Å². The Hall–Kier alpha value is -1.72. The molecule has 0 saturated carbocycles. The predicted molar refractivity (Wildman–Crippen MR) is 108 cm³/mol. The van der Waals surface area contributed by atoms with Gasteiger partial charge in [-0.1, -0.05) is 44.2 Å². The quantitative estimate of drug-likeness (QED) is 0.793. The number of carbonyl (C=O) groups is 1. The van der Waals surface area contributed by atoms with Crippen LogP contribution in [0.3, 0.4) is 0 Å². The Balaban J connectivity index is 1.69. The number of aryl methyl sites for hydroxylation is 1. The molecule has 4 nitrogen and oxygen atoms in total. The van der Waals surface area contributed by atoms with Gasteiger partial charge in [0, 0.05) is 13.0 Å². The molecule has 1 fully saturated rings. The molecule has 1 saturated heterocycles. The van der Waals surface area contributed by atoms with Gasteiger partial charge in [-0.25, -0.2) is 4.98 Å². The summed E-state index contributed by atoms with van der Waals surface area (Å²) in [5, 5.41) is 4.23. The maximum absolute atomic E-state index is 12.8. The fourth-order valence-corrected chi connectivity index (χ4v) is 4.75. The van der Waals surface area contributed by atoms with Crippen LogP contribution in [-0.4, -0.2) is 35.4 Å². The van der Waals surface area contributed by atoms with Gasteiger partial charge in [-0.2, -0.15) is 0 Å². The molecule has 1 unspecified atom stereocenters. The molecule has 2 heterocycles. The van der Waals surface area contributed by atoms with Gasteiger partial charge in [0.25, 0.3) is 5.91 Å². The molecule has 140 valence electrons. The second kappa shape index (κ2) is 8.78. The van der Waals surface area contributed by atoms with Crippen LogP contribution >= 0.6 is 11.3 Å². The highest BCUT2D eigenvalue weighted by Crippen LogP contribution is 2.25. The van der Waals surface area contributed by atoms with E-state index < -0.39 is 0 Å². The number of benzene rings is 1. The van der Waals surface area contributed by atoms with Crippen molar-refractivity contribution >= 4 is 17.2 Å². The first-order chi connectivity index (χ1) is 12.5. The van der Waals surface area contributed by atoms with Crippen LogP contribution in [-0.2, 0) is 6.42 Å². The van der Waals surface area contributed by atoms with Gasteiger partial charge in [-0.05, 0) is 44.3 Å². The first-order valence-corrected chi connectivity index (χ1v) is 10.4. The highest BCUT2D eigenvalue weighted by molar-refractivity contribution is 7.13. The van der Waals surface area contributed by atoms with Gasteiger partial charge in [0.05, 0.1) is 16.7 Å². The Morgan fingerprint density at radius 3 is 2.58 bits per heavy atom. The van der Waals surface area contributed by atoms with Crippen LogP contribution in [0.5, 0.6) is 0 Å². The van der Waals surface area contributed by atoms with Gasteiger partial charge in [-0.15, -0.1) is 11.3 Å². The third kappa shape index (κ3) is 4.71. The number of likely N-dealkylation sites (tertiary alicyclic amines) is 1. The molecule has 1 atom stereocenters. The van der Waals surface area contributed by atoms with E-state index >= 15 is 0 Å². The van der Waals surface area contributed by atoms with Crippen LogP contribution in [0, 0.1) is 12.8 Å². The smallest absolute Gasteiger partial charge is 0.263 e. The van der Waals surface area contributed by atoms with Crippen molar-refractivity contribution in [3.63, 3.8) is 0 Å². The third-order valence-corrected chi connectivity index (χ3v) is 6.03. The van der Waals surface area contributed by atoms with E-state index in [2.05, 4.69) is 53.3 Å². The lowest BCUT2D eigenvalue weighted by Gasteiger charge is -2.28. The number of carbonyl (C=O) groups excluding carboxylic acids is 1. The number of thiazole rings is 1. The summed E-state index contributed by atoms with van der Waals surface area (Å²) in [5.41, 5.74) is 2.12. The largest absolute Gasteiger partial charge is 0.349 e. The van der Waals surface area contributed by atoms with Gasteiger partial charge >= 0.3 is 0 Å². The van der Waals surface area contributed by atoms with Gasteiger partial charge in [0.1, 0.15) is 4.88 Å². The maximum Gasteiger partial charge on any atom is 0.263 e. The molecule has 1 amide bonds. The van der Waals surface area contributed by atoms with Gasteiger partial charge in [-0.3, -0.25) is 9.69 Å². The summed E-state index contributed by atoms with van der Waals surface area (Å²) >= 11 is 1.54. The summed E-state index contributed by atoms with van der Waals surface area (Å²) in [6.45, 7) is 9.14. The Kier molecular flexibility index (Phi) is 6.43. The van der Waals surface area contributed by atoms with Crippen molar-refractivity contribution in [2.75, 3.05) is 19.6 Å². The molecule has 0 bridgehead atoms. The molecule has 0 radical (unpaired) electrons. The number of rotatable bonds is 7. The average Bonchev–Trinajstić information content (AvgIpc) is 3.25. The van der Waals surface area contributed by atoms with Crippen LogP contribution in [0.15, 0.2) is 30.3 Å². The topological polar surface area (TPSA) is 45.2 Å². The SMILES string of the molecule is Cc1nc(CC(C)C)sc1C(=O)NCC(c1ccccc1)N1CCCC1. The van der Waals surface area contributed by atoms with Crippen molar-refractivity contribution in [1.29, 1.82) is 0 Å². The number of aromatic nitrogens is 1. The van der Waals surface area contributed by atoms with Crippen LogP contribution in [0.2, 0.25) is 0 Å². The molecule has 3 rings (SSSR count). The molecule has 2 aromatic rings. The predicted octanol–water partition coefficient (Wildman–Crippen LogP) is 4.22. The zero-order chi connectivity index (χ0) is 18.5. The van der Waals surface area contributed by atoms with Crippen molar-refractivity contribution < 1.29 is 4.79 Å². The Labute approximate surface area is 160 Å². The highest BCUT2D eigenvalue weighted by atomic mass is 32.1. The Bertz CT molecular complexity index is 720. The van der Waals surface area contributed by atoms with Crippen molar-refractivity contribution in [3.05, 3.63) is 51.5 Å². The van der Waals surface area contributed by atoms with Crippen molar-refractivity contribution in [1.82, 2.24) is 15.2 Å². The van der Waals surface area contributed by atoms with E-state index in [9.17, 15) is 4.79 Å². The van der Waals surface area contributed by atoms with Gasteiger partial charge in [0.2, 0.25) is 0 Å². The van der Waals surface area contributed by atoms with Gasteiger partial charge in [0.15, 0.2) is 0 Å². The lowest BCUT2D eigenvalue weighted by Crippen LogP contribution is -2.36. The highest BCUT2D eigenvalue weighted by Gasteiger charge is 2.24. The molecule has 1 aliphatic heterocycles. The van der Waals surface area contributed by atoms with Crippen molar-refractivity contribution in [2.45, 2.75) is 46.1 Å². The summed E-state index contributed by atoms with van der Waals surface area (Å²) in [6.07, 6.45) is 3.41. The summed E-state index contributed by atoms with van der Waals surface area (Å²) in [5.74, 6) is 0.559. The second-order valence-electron chi connectivity index (χ2n) is 7.50. The first-order valence-electron chi connectivity index (χ1n) is 9.58. The number of amides is 1. The van der Waals surface area contributed by atoms with E-state index in [-0.39, 0.29) is 11.9 Å². The Morgan fingerprint density at radius 1 is 1.23 bits per heavy atom. The van der Waals surface area contributed by atoms with E-state index in [4.69, 9.17) is 0 Å². The van der Waals surface area contributed by atoms with Crippen LogP contribution < -0.4 is 5.32 Å². The molecule has 5 heteroatoms. The molecule has 1 aromatic heterocycles. The summed E-state index contributed by atoms with van der Waals surface area (Å²) < 4.78 is 0. The minimum absolute atomic E-state index is 0.00938. The van der Waals surface area contributed by atoms with E-state index in [0.717, 1.165) is 35.1 Å². The monoisotopic (exact) mass is 371 g/mol. The minimum Gasteiger partial charge on any atom is -0.349 e. The van der Waals surface area contributed by atoms with Crippen LogP contribution in [0.4, 0.5) is 0 Å². The summed E-state index contributed by atoms with van der Waals surface area (Å²) in [7, 11) is 0. The molecule has 0 aliphatic carbocycles. The molecule has 26 heavy (non-hydrogen) atoms. The van der Waals surface area contributed by atoms with Crippen LogP contribution in [0.1, 0.15) is 58.7 Å². The fourth-order valence-electron chi connectivity index (χ4n) is 3.56. The normalized spacial score (nSPS) is 16.2. The third-order valence-electron chi connectivity index (χ3n) is 4.85. The second-order valence-corrected chi connectivity index (χ2v) is 8.58. The summed E-state index contributed by atoms with van der Waals surface area (Å²) in [6, 6.07) is 10.8. The van der Waals surface area contributed by atoms with E-state index in [1.807, 2.05) is 13.0 Å². The first kappa shape index (κ1) is 19.1. The number of hydrogen-bond donors (Lipinski definition) is 1. The molecule has 0 spiro atoms. The Morgan fingerprint density at radius 2 is 1.92 bits per heavy atom. The molecular weight excluding hydrogens is 342 g/mol. The minimum atomic E-state index is 0.00938. The van der Waals surface area contributed by atoms with E-state index in [1.165, 1.54) is 29.7 Å². The fraction of sp³-hybridized carbons (Fsp3) is 0.524. The lowest BCUT2D eigenvalue weighted by atomic mass is 10.1.